The molecule has 0 fully saturated rings. The summed E-state index contributed by atoms with van der Waals surface area (Å²) in [5.41, 5.74) is 2.13. The van der Waals surface area contributed by atoms with Crippen LogP contribution in [0.15, 0.2) is 28.7 Å². The molecule has 1 unspecified atom stereocenters. The first-order chi connectivity index (χ1) is 12.0. The molecular formula is C19H20BrNO3S. The van der Waals surface area contributed by atoms with Crippen LogP contribution < -0.4 is 5.32 Å². The Kier molecular flexibility index (Phi) is 5.59. The van der Waals surface area contributed by atoms with Crippen molar-refractivity contribution in [2.45, 2.75) is 39.0 Å². The van der Waals surface area contributed by atoms with E-state index in [4.69, 9.17) is 4.74 Å². The van der Waals surface area contributed by atoms with Crippen molar-refractivity contribution in [3.63, 3.8) is 0 Å². The maximum Gasteiger partial charge on any atom is 0.341 e. The Labute approximate surface area is 159 Å². The normalized spacial score (nSPS) is 16.2. The lowest BCUT2D eigenvalue weighted by Gasteiger charge is -2.19. The molecule has 4 nitrogen and oxygen atoms in total. The molecule has 0 aliphatic heterocycles. The van der Waals surface area contributed by atoms with E-state index >= 15 is 0 Å². The summed E-state index contributed by atoms with van der Waals surface area (Å²) >= 11 is 4.90. The molecule has 1 N–H and O–H groups in total. The minimum absolute atomic E-state index is 0.232. The van der Waals surface area contributed by atoms with Crippen LogP contribution in [0.2, 0.25) is 0 Å². The Morgan fingerprint density at radius 3 is 2.84 bits per heavy atom. The number of hydrogen-bond acceptors (Lipinski definition) is 4. The molecule has 25 heavy (non-hydrogen) atoms. The fourth-order valence-electron chi connectivity index (χ4n) is 3.22. The molecule has 0 bridgehead atoms. The van der Waals surface area contributed by atoms with E-state index in [2.05, 4.69) is 28.2 Å². The molecule has 1 aromatic heterocycles. The van der Waals surface area contributed by atoms with Crippen LogP contribution in [0, 0.1) is 0 Å². The van der Waals surface area contributed by atoms with Gasteiger partial charge in [0.05, 0.1) is 17.7 Å². The van der Waals surface area contributed by atoms with E-state index in [1.807, 2.05) is 18.2 Å². The number of thiophene rings is 1. The molecule has 1 heterocycles. The van der Waals surface area contributed by atoms with Crippen molar-refractivity contribution in [3.8, 4) is 0 Å². The number of nitrogens with one attached hydrogen (secondary N) is 1. The number of esters is 1. The Morgan fingerprint density at radius 1 is 1.36 bits per heavy atom. The summed E-state index contributed by atoms with van der Waals surface area (Å²) in [5.74, 6) is -0.283. The zero-order valence-corrected chi connectivity index (χ0v) is 16.6. The molecule has 1 aromatic carbocycles. The average molecular weight is 422 g/mol. The van der Waals surface area contributed by atoms with Crippen LogP contribution in [0.5, 0.6) is 0 Å². The van der Waals surface area contributed by atoms with Crippen molar-refractivity contribution >= 4 is 44.1 Å². The summed E-state index contributed by atoms with van der Waals surface area (Å²) in [6.07, 6.45) is 3.10. The van der Waals surface area contributed by atoms with Gasteiger partial charge in [0, 0.05) is 9.35 Å². The van der Waals surface area contributed by atoms with Gasteiger partial charge in [-0.1, -0.05) is 19.1 Å². The molecule has 132 valence electrons. The second-order valence-electron chi connectivity index (χ2n) is 6.09. The summed E-state index contributed by atoms with van der Waals surface area (Å²) in [4.78, 5) is 26.4. The second-order valence-corrected chi connectivity index (χ2v) is 8.05. The Bertz CT molecular complexity index is 815. The number of halogens is 1. The van der Waals surface area contributed by atoms with Crippen LogP contribution in [0.1, 0.15) is 63.8 Å². The molecule has 1 atom stereocenters. The predicted molar refractivity (Wildman–Crippen MR) is 104 cm³/mol. The third-order valence-electron chi connectivity index (χ3n) is 4.38. The van der Waals surface area contributed by atoms with E-state index in [0.717, 1.165) is 29.3 Å². The molecule has 0 saturated carbocycles. The Hall–Kier alpha value is -1.66. The van der Waals surface area contributed by atoms with Gasteiger partial charge in [0.1, 0.15) is 5.00 Å². The minimum atomic E-state index is -0.351. The van der Waals surface area contributed by atoms with E-state index in [1.54, 1.807) is 13.0 Å². The SMILES string of the molecule is CCOC(=O)c1c(NC(=O)c2ccccc2Br)sc2c1C(C)CCC2. The summed E-state index contributed by atoms with van der Waals surface area (Å²) in [6, 6.07) is 7.24. The van der Waals surface area contributed by atoms with Gasteiger partial charge in [-0.15, -0.1) is 11.3 Å². The number of carbonyl (C=O) groups is 2. The fourth-order valence-corrected chi connectivity index (χ4v) is 5.03. The highest BCUT2D eigenvalue weighted by molar-refractivity contribution is 9.10. The predicted octanol–water partition coefficient (Wildman–Crippen LogP) is 5.38. The Morgan fingerprint density at radius 2 is 2.12 bits per heavy atom. The largest absolute Gasteiger partial charge is 0.462 e. The van der Waals surface area contributed by atoms with Crippen LogP contribution >= 0.6 is 27.3 Å². The smallest absolute Gasteiger partial charge is 0.341 e. The first-order valence-corrected chi connectivity index (χ1v) is 10.0. The Balaban J connectivity index is 1.99. The number of amides is 1. The maximum atomic E-state index is 12.7. The number of aryl methyl sites for hydroxylation is 1. The highest BCUT2D eigenvalue weighted by atomic mass is 79.9. The van der Waals surface area contributed by atoms with E-state index in [-0.39, 0.29) is 11.9 Å². The van der Waals surface area contributed by atoms with E-state index < -0.39 is 0 Å². The number of hydrogen-bond donors (Lipinski definition) is 1. The highest BCUT2D eigenvalue weighted by Gasteiger charge is 2.31. The minimum Gasteiger partial charge on any atom is -0.462 e. The quantitative estimate of drug-likeness (QED) is 0.674. The molecule has 1 aliphatic carbocycles. The second kappa shape index (κ2) is 7.70. The number of benzene rings is 1. The number of rotatable bonds is 4. The lowest BCUT2D eigenvalue weighted by Crippen LogP contribution is -2.16. The molecule has 1 aliphatic rings. The third-order valence-corrected chi connectivity index (χ3v) is 6.25. The van der Waals surface area contributed by atoms with Crippen molar-refractivity contribution in [2.75, 3.05) is 11.9 Å². The number of fused-ring (bicyclic) bond motifs is 1. The van der Waals surface area contributed by atoms with Gasteiger partial charge in [0.15, 0.2) is 0 Å². The van der Waals surface area contributed by atoms with Crippen molar-refractivity contribution in [2.24, 2.45) is 0 Å². The molecule has 0 radical (unpaired) electrons. The third kappa shape index (κ3) is 3.65. The van der Waals surface area contributed by atoms with Gasteiger partial charge in [-0.2, -0.15) is 0 Å². The van der Waals surface area contributed by atoms with E-state index in [1.165, 1.54) is 16.2 Å². The van der Waals surface area contributed by atoms with Crippen molar-refractivity contribution < 1.29 is 14.3 Å². The topological polar surface area (TPSA) is 55.4 Å². The van der Waals surface area contributed by atoms with Gasteiger partial charge >= 0.3 is 5.97 Å². The zero-order chi connectivity index (χ0) is 18.0. The summed E-state index contributed by atoms with van der Waals surface area (Å²) in [7, 11) is 0. The van der Waals surface area contributed by atoms with Gasteiger partial charge in [0.25, 0.3) is 5.91 Å². The van der Waals surface area contributed by atoms with Crippen LogP contribution in [-0.2, 0) is 11.2 Å². The van der Waals surface area contributed by atoms with E-state index in [0.29, 0.717) is 28.7 Å². The maximum absolute atomic E-state index is 12.7. The first-order valence-electron chi connectivity index (χ1n) is 8.41. The molecule has 0 spiro atoms. The summed E-state index contributed by atoms with van der Waals surface area (Å²) in [5, 5.41) is 3.53. The highest BCUT2D eigenvalue weighted by Crippen LogP contribution is 2.44. The van der Waals surface area contributed by atoms with Gasteiger partial charge in [-0.25, -0.2) is 4.79 Å². The lowest BCUT2D eigenvalue weighted by atomic mass is 9.86. The van der Waals surface area contributed by atoms with Crippen molar-refractivity contribution in [1.29, 1.82) is 0 Å². The number of anilines is 1. The van der Waals surface area contributed by atoms with E-state index in [9.17, 15) is 9.59 Å². The molecule has 3 rings (SSSR count). The van der Waals surface area contributed by atoms with Crippen molar-refractivity contribution in [3.05, 3.63) is 50.3 Å². The van der Waals surface area contributed by atoms with Crippen LogP contribution in [0.3, 0.4) is 0 Å². The fraction of sp³-hybridized carbons (Fsp3) is 0.368. The average Bonchev–Trinajstić information content (AvgIpc) is 2.94. The van der Waals surface area contributed by atoms with Crippen LogP contribution in [0.25, 0.3) is 0 Å². The van der Waals surface area contributed by atoms with Gasteiger partial charge in [-0.3, -0.25) is 4.79 Å². The van der Waals surface area contributed by atoms with Gasteiger partial charge in [0.2, 0.25) is 0 Å². The standard InChI is InChI=1S/C19H20BrNO3S/c1-3-24-19(23)16-15-11(2)7-6-10-14(15)25-18(16)21-17(22)12-8-4-5-9-13(12)20/h4-5,8-9,11H,3,6-7,10H2,1-2H3,(H,21,22). The molecular weight excluding hydrogens is 402 g/mol. The van der Waals surface area contributed by atoms with Crippen molar-refractivity contribution in [1.82, 2.24) is 0 Å². The zero-order valence-electron chi connectivity index (χ0n) is 14.2. The van der Waals surface area contributed by atoms with Gasteiger partial charge < -0.3 is 10.1 Å². The molecule has 1 amide bonds. The lowest BCUT2D eigenvalue weighted by molar-refractivity contribution is 0.0526. The van der Waals surface area contributed by atoms with Gasteiger partial charge in [-0.05, 0) is 65.7 Å². The molecule has 6 heteroatoms. The monoisotopic (exact) mass is 421 g/mol. The number of carbonyl (C=O) groups excluding carboxylic acids is 2. The first kappa shape index (κ1) is 18.1. The molecule has 0 saturated heterocycles. The summed E-state index contributed by atoms with van der Waals surface area (Å²) < 4.78 is 5.98. The number of ether oxygens (including phenoxy) is 1. The van der Waals surface area contributed by atoms with Crippen LogP contribution in [-0.4, -0.2) is 18.5 Å². The molecule has 2 aromatic rings. The summed E-state index contributed by atoms with van der Waals surface area (Å²) in [6.45, 7) is 4.24. The van der Waals surface area contributed by atoms with Crippen LogP contribution in [0.4, 0.5) is 5.00 Å².